The van der Waals surface area contributed by atoms with Gasteiger partial charge in [0.05, 0.1) is 35.6 Å². The molecule has 1 aliphatic heterocycles. The van der Waals surface area contributed by atoms with Crippen LogP contribution < -0.4 is 15.9 Å². The Morgan fingerprint density at radius 1 is 1.04 bits per heavy atom. The monoisotopic (exact) mass is 386 g/mol. The Morgan fingerprint density at radius 2 is 1.64 bits per heavy atom. The lowest BCUT2D eigenvalue weighted by Gasteiger charge is -2.31. The van der Waals surface area contributed by atoms with Gasteiger partial charge in [0.2, 0.25) is 5.91 Å². The average molecular weight is 386 g/mol. The summed E-state index contributed by atoms with van der Waals surface area (Å²) < 4.78 is 8.79. The van der Waals surface area contributed by atoms with Crippen LogP contribution >= 0.6 is 0 Å². The second-order valence-corrected chi connectivity index (χ2v) is 8.30. The van der Waals surface area contributed by atoms with Crippen molar-refractivity contribution in [1.29, 1.82) is 0 Å². The number of imidazole rings is 1. The lowest BCUT2D eigenvalue weighted by atomic mass is 9.82. The summed E-state index contributed by atoms with van der Waals surface area (Å²) in [4.78, 5) is 27.6. The Bertz CT molecular complexity index is 931. The molecule has 2 fully saturated rings. The molecule has 1 N–H and O–H groups in total. The van der Waals surface area contributed by atoms with Crippen LogP contribution in [0.3, 0.4) is 0 Å². The highest BCUT2D eigenvalue weighted by molar-refractivity contribution is 5.99. The summed E-state index contributed by atoms with van der Waals surface area (Å²) in [6.07, 6.45) is 4.12. The number of morpholine rings is 1. The van der Waals surface area contributed by atoms with E-state index in [2.05, 4.69) is 17.1 Å². The van der Waals surface area contributed by atoms with E-state index in [9.17, 15) is 9.59 Å². The molecule has 0 atom stereocenters. The lowest BCUT2D eigenvalue weighted by Crippen LogP contribution is -2.37. The van der Waals surface area contributed by atoms with Crippen LogP contribution in [-0.4, -0.2) is 41.3 Å². The predicted octanol–water partition coefficient (Wildman–Crippen LogP) is 2.48. The summed E-state index contributed by atoms with van der Waals surface area (Å²) in [5.41, 5.74) is 3.40. The number of aryl methyl sites for hydroxylation is 2. The molecule has 1 saturated carbocycles. The van der Waals surface area contributed by atoms with E-state index in [4.69, 9.17) is 4.74 Å². The Hall–Kier alpha value is -2.28. The molecule has 0 spiro atoms. The molecule has 1 aliphatic carbocycles. The first-order valence-corrected chi connectivity index (χ1v) is 10.3. The van der Waals surface area contributed by atoms with Crippen molar-refractivity contribution in [2.75, 3.05) is 36.5 Å². The molecule has 0 radical (unpaired) electrons. The minimum Gasteiger partial charge on any atom is -0.378 e. The third-order valence-corrected chi connectivity index (χ3v) is 6.39. The molecule has 2 aliphatic rings. The fourth-order valence-electron chi connectivity index (χ4n) is 4.46. The number of carbonyl (C=O) groups is 1. The minimum atomic E-state index is -0.0623. The van der Waals surface area contributed by atoms with Gasteiger partial charge in [-0.2, -0.15) is 0 Å². The quantitative estimate of drug-likeness (QED) is 0.880. The highest BCUT2D eigenvalue weighted by Gasteiger charge is 2.26. The number of amides is 1. The van der Waals surface area contributed by atoms with Crippen LogP contribution in [0.5, 0.6) is 0 Å². The average Bonchev–Trinajstić information content (AvgIpc) is 2.92. The van der Waals surface area contributed by atoms with E-state index in [1.165, 1.54) is 0 Å². The molecule has 7 heteroatoms. The number of nitrogens with zero attached hydrogens (tertiary/aromatic N) is 3. The van der Waals surface area contributed by atoms with Crippen molar-refractivity contribution in [2.24, 2.45) is 25.9 Å². The third kappa shape index (κ3) is 3.43. The zero-order valence-corrected chi connectivity index (χ0v) is 17.0. The van der Waals surface area contributed by atoms with Gasteiger partial charge in [-0.1, -0.05) is 6.92 Å². The van der Waals surface area contributed by atoms with Gasteiger partial charge in [0.15, 0.2) is 0 Å². The molecule has 1 aromatic heterocycles. The largest absolute Gasteiger partial charge is 0.378 e. The van der Waals surface area contributed by atoms with E-state index in [1.807, 2.05) is 12.1 Å². The lowest BCUT2D eigenvalue weighted by molar-refractivity contribution is -0.121. The molecule has 0 unspecified atom stereocenters. The van der Waals surface area contributed by atoms with E-state index in [-0.39, 0.29) is 17.5 Å². The SMILES string of the molecule is CC1CCC(C(=O)Nc2cc3c(cc2N2CCOCC2)n(C)c(=O)n3C)CC1. The summed E-state index contributed by atoms with van der Waals surface area (Å²) in [6.45, 7) is 5.14. The predicted molar refractivity (Wildman–Crippen MR) is 111 cm³/mol. The second kappa shape index (κ2) is 7.62. The van der Waals surface area contributed by atoms with Gasteiger partial charge >= 0.3 is 5.69 Å². The van der Waals surface area contributed by atoms with E-state index < -0.39 is 0 Å². The normalized spacial score (nSPS) is 23.2. The second-order valence-electron chi connectivity index (χ2n) is 8.30. The highest BCUT2D eigenvalue weighted by atomic mass is 16.5. The standard InChI is InChI=1S/C21H30N4O3/c1-14-4-6-15(7-5-14)20(26)22-16-12-18-19(24(3)21(27)23(18)2)13-17(16)25-8-10-28-11-9-25/h12-15H,4-11H2,1-3H3,(H,22,26). The molecular formula is C21H30N4O3. The van der Waals surface area contributed by atoms with Gasteiger partial charge in [0, 0.05) is 33.1 Å². The van der Waals surface area contributed by atoms with E-state index in [0.717, 1.165) is 61.2 Å². The zero-order valence-electron chi connectivity index (χ0n) is 17.0. The van der Waals surface area contributed by atoms with Gasteiger partial charge in [0.1, 0.15) is 0 Å². The number of nitrogens with one attached hydrogen (secondary N) is 1. The van der Waals surface area contributed by atoms with Crippen LogP contribution in [0.2, 0.25) is 0 Å². The third-order valence-electron chi connectivity index (χ3n) is 6.39. The van der Waals surface area contributed by atoms with Crippen LogP contribution in [0.25, 0.3) is 11.0 Å². The van der Waals surface area contributed by atoms with Gasteiger partial charge in [-0.25, -0.2) is 4.79 Å². The fourth-order valence-corrected chi connectivity index (χ4v) is 4.46. The number of carbonyl (C=O) groups excluding carboxylic acids is 1. The molecule has 1 amide bonds. The summed E-state index contributed by atoms with van der Waals surface area (Å²) >= 11 is 0. The zero-order chi connectivity index (χ0) is 19.8. The first-order chi connectivity index (χ1) is 13.5. The minimum absolute atomic E-state index is 0.0623. The Morgan fingerprint density at radius 3 is 2.29 bits per heavy atom. The first kappa shape index (κ1) is 19.1. The maximum atomic E-state index is 13.0. The highest BCUT2D eigenvalue weighted by Crippen LogP contribution is 2.34. The van der Waals surface area contributed by atoms with Gasteiger partial charge in [-0.15, -0.1) is 0 Å². The van der Waals surface area contributed by atoms with Crippen molar-refractivity contribution in [3.05, 3.63) is 22.6 Å². The number of ether oxygens (including phenoxy) is 1. The van der Waals surface area contributed by atoms with E-state index in [1.54, 1.807) is 23.2 Å². The van der Waals surface area contributed by atoms with Crippen LogP contribution in [-0.2, 0) is 23.6 Å². The maximum Gasteiger partial charge on any atom is 0.328 e. The molecule has 2 aromatic rings. The molecule has 4 rings (SSSR count). The van der Waals surface area contributed by atoms with Crippen LogP contribution in [0.1, 0.15) is 32.6 Å². The molecule has 1 saturated heterocycles. The maximum absolute atomic E-state index is 13.0. The molecule has 28 heavy (non-hydrogen) atoms. The van der Waals surface area contributed by atoms with Crippen molar-refractivity contribution in [2.45, 2.75) is 32.6 Å². The van der Waals surface area contributed by atoms with Crippen molar-refractivity contribution >= 4 is 28.3 Å². The van der Waals surface area contributed by atoms with Gasteiger partial charge in [0.25, 0.3) is 0 Å². The molecule has 1 aromatic carbocycles. The van der Waals surface area contributed by atoms with Crippen molar-refractivity contribution in [1.82, 2.24) is 9.13 Å². The number of hydrogen-bond donors (Lipinski definition) is 1. The smallest absolute Gasteiger partial charge is 0.328 e. The van der Waals surface area contributed by atoms with Gasteiger partial charge in [-0.3, -0.25) is 13.9 Å². The number of benzene rings is 1. The summed E-state index contributed by atoms with van der Waals surface area (Å²) in [5.74, 6) is 0.883. The number of aromatic nitrogens is 2. The summed E-state index contributed by atoms with van der Waals surface area (Å²) in [5, 5.41) is 3.19. The van der Waals surface area contributed by atoms with Gasteiger partial charge < -0.3 is 15.0 Å². The Kier molecular flexibility index (Phi) is 5.19. The van der Waals surface area contributed by atoms with E-state index in [0.29, 0.717) is 19.1 Å². The first-order valence-electron chi connectivity index (χ1n) is 10.3. The summed E-state index contributed by atoms with van der Waals surface area (Å²) in [6, 6.07) is 3.98. The van der Waals surface area contributed by atoms with Crippen molar-refractivity contribution in [3.8, 4) is 0 Å². The van der Waals surface area contributed by atoms with Crippen molar-refractivity contribution in [3.63, 3.8) is 0 Å². The number of anilines is 2. The molecular weight excluding hydrogens is 356 g/mol. The Labute approximate surface area is 165 Å². The molecule has 152 valence electrons. The number of hydrogen-bond acceptors (Lipinski definition) is 4. The number of fused-ring (bicyclic) bond motifs is 1. The molecule has 7 nitrogen and oxygen atoms in total. The summed E-state index contributed by atoms with van der Waals surface area (Å²) in [7, 11) is 3.56. The van der Waals surface area contributed by atoms with Crippen molar-refractivity contribution < 1.29 is 9.53 Å². The Balaban J connectivity index is 1.71. The van der Waals surface area contributed by atoms with Crippen LogP contribution in [0, 0.1) is 11.8 Å². The van der Waals surface area contributed by atoms with Crippen LogP contribution in [0.15, 0.2) is 16.9 Å². The topological polar surface area (TPSA) is 68.5 Å². The molecule has 0 bridgehead atoms. The number of rotatable bonds is 3. The van der Waals surface area contributed by atoms with E-state index >= 15 is 0 Å². The fraction of sp³-hybridized carbons (Fsp3) is 0.619. The van der Waals surface area contributed by atoms with Gasteiger partial charge in [-0.05, 0) is 43.7 Å². The molecule has 2 heterocycles. The van der Waals surface area contributed by atoms with Crippen LogP contribution in [0.4, 0.5) is 11.4 Å².